The summed E-state index contributed by atoms with van der Waals surface area (Å²) < 4.78 is 5.37. The number of amides is 1. The Morgan fingerprint density at radius 1 is 1.07 bits per heavy atom. The van der Waals surface area contributed by atoms with E-state index < -0.39 is 0 Å². The van der Waals surface area contributed by atoms with Gasteiger partial charge in [-0.2, -0.15) is 0 Å². The molecule has 4 rings (SSSR count). The molecule has 2 aromatic carbocycles. The van der Waals surface area contributed by atoms with Crippen LogP contribution in [0.1, 0.15) is 27.2 Å². The van der Waals surface area contributed by atoms with E-state index in [-0.39, 0.29) is 5.91 Å². The molecular formula is C23H24N4O2. The van der Waals surface area contributed by atoms with E-state index in [9.17, 15) is 4.79 Å². The second-order valence-electron chi connectivity index (χ2n) is 7.02. The van der Waals surface area contributed by atoms with Crippen molar-refractivity contribution in [2.75, 3.05) is 25.5 Å². The number of carbonyl (C=O) groups is 1. The van der Waals surface area contributed by atoms with Gasteiger partial charge in [0.2, 0.25) is 0 Å². The highest BCUT2D eigenvalue weighted by atomic mass is 16.5. The van der Waals surface area contributed by atoms with Crippen molar-refractivity contribution in [2.45, 2.75) is 19.4 Å². The number of benzene rings is 2. The van der Waals surface area contributed by atoms with Crippen LogP contribution in [0.3, 0.4) is 0 Å². The van der Waals surface area contributed by atoms with Gasteiger partial charge in [-0.25, -0.2) is 9.97 Å². The van der Waals surface area contributed by atoms with Crippen LogP contribution < -0.4 is 10.1 Å². The maximum atomic E-state index is 12.8. The molecular weight excluding hydrogens is 364 g/mol. The molecule has 1 amide bonds. The number of hydrogen-bond acceptors (Lipinski definition) is 5. The van der Waals surface area contributed by atoms with Crippen LogP contribution in [0, 0.1) is 0 Å². The van der Waals surface area contributed by atoms with Crippen LogP contribution in [0.2, 0.25) is 0 Å². The number of hydrogen-bond donors (Lipinski definition) is 1. The molecule has 0 unspecified atom stereocenters. The quantitative estimate of drug-likeness (QED) is 0.702. The molecule has 6 nitrogen and oxygen atoms in total. The molecule has 0 spiro atoms. The Morgan fingerprint density at radius 2 is 1.86 bits per heavy atom. The molecule has 1 aromatic heterocycles. The molecule has 0 fully saturated rings. The fourth-order valence-corrected chi connectivity index (χ4v) is 3.60. The Bertz CT molecular complexity index is 988. The Balaban J connectivity index is 1.34. The Morgan fingerprint density at radius 3 is 2.66 bits per heavy atom. The van der Waals surface area contributed by atoms with Gasteiger partial charge in [0.25, 0.3) is 5.91 Å². The van der Waals surface area contributed by atoms with E-state index in [2.05, 4.69) is 27.4 Å². The molecule has 0 aliphatic carbocycles. The standard InChI is InChI=1S/C23H24N4O2/c1-29-21-9-5-4-7-18(21)10-12-24-22-15-25-20(14-26-22)23(28)27-13-11-17-6-2-3-8-19(17)16-27/h2-9,14-15H,10-13,16H2,1H3,(H,24,26). The van der Waals surface area contributed by atoms with Crippen LogP contribution in [0.5, 0.6) is 5.75 Å². The zero-order chi connectivity index (χ0) is 20.1. The van der Waals surface area contributed by atoms with Crippen molar-refractivity contribution in [3.63, 3.8) is 0 Å². The minimum absolute atomic E-state index is 0.0763. The van der Waals surface area contributed by atoms with Crippen molar-refractivity contribution >= 4 is 11.7 Å². The molecule has 0 bridgehead atoms. The van der Waals surface area contributed by atoms with E-state index in [1.165, 1.54) is 11.1 Å². The van der Waals surface area contributed by atoms with Crippen LogP contribution in [0.4, 0.5) is 5.82 Å². The number of rotatable bonds is 6. The summed E-state index contributed by atoms with van der Waals surface area (Å²) in [6.07, 6.45) is 4.85. The van der Waals surface area contributed by atoms with Crippen molar-refractivity contribution in [3.8, 4) is 5.75 Å². The average Bonchev–Trinajstić information content (AvgIpc) is 2.79. The Labute approximate surface area is 170 Å². The number of nitrogens with one attached hydrogen (secondary N) is 1. The van der Waals surface area contributed by atoms with E-state index in [1.807, 2.05) is 41.3 Å². The fourth-order valence-electron chi connectivity index (χ4n) is 3.60. The van der Waals surface area contributed by atoms with E-state index in [0.29, 0.717) is 31.1 Å². The van der Waals surface area contributed by atoms with Gasteiger partial charge in [-0.15, -0.1) is 0 Å². The third-order valence-corrected chi connectivity index (χ3v) is 5.18. The zero-order valence-electron chi connectivity index (χ0n) is 16.5. The number of nitrogens with zero attached hydrogens (tertiary/aromatic N) is 3. The summed E-state index contributed by atoms with van der Waals surface area (Å²) in [5.41, 5.74) is 4.03. The van der Waals surface area contributed by atoms with Crippen molar-refractivity contribution in [3.05, 3.63) is 83.3 Å². The lowest BCUT2D eigenvalue weighted by atomic mass is 10.00. The van der Waals surface area contributed by atoms with Gasteiger partial charge in [0.05, 0.1) is 19.5 Å². The van der Waals surface area contributed by atoms with Crippen LogP contribution in [0.15, 0.2) is 60.9 Å². The van der Waals surface area contributed by atoms with E-state index in [1.54, 1.807) is 19.5 Å². The van der Waals surface area contributed by atoms with Gasteiger partial charge in [-0.1, -0.05) is 42.5 Å². The third kappa shape index (κ3) is 4.37. The first-order chi connectivity index (χ1) is 14.2. The van der Waals surface area contributed by atoms with Crippen LogP contribution in [-0.2, 0) is 19.4 Å². The second-order valence-corrected chi connectivity index (χ2v) is 7.02. The summed E-state index contributed by atoms with van der Waals surface area (Å²) in [5.74, 6) is 1.46. The SMILES string of the molecule is COc1ccccc1CCNc1cnc(C(=O)N2CCc3ccccc3C2)cn1. The molecule has 0 saturated carbocycles. The lowest BCUT2D eigenvalue weighted by Crippen LogP contribution is -2.36. The van der Waals surface area contributed by atoms with Gasteiger partial charge in [0, 0.05) is 19.6 Å². The maximum Gasteiger partial charge on any atom is 0.274 e. The topological polar surface area (TPSA) is 67.3 Å². The smallest absolute Gasteiger partial charge is 0.274 e. The first-order valence-corrected chi connectivity index (χ1v) is 9.78. The monoisotopic (exact) mass is 388 g/mol. The first-order valence-electron chi connectivity index (χ1n) is 9.78. The van der Waals surface area contributed by atoms with Crippen molar-refractivity contribution in [1.29, 1.82) is 0 Å². The number of carbonyl (C=O) groups excluding carboxylic acids is 1. The van der Waals surface area contributed by atoms with Crippen molar-refractivity contribution in [1.82, 2.24) is 14.9 Å². The number of para-hydroxylation sites is 1. The average molecular weight is 388 g/mol. The minimum Gasteiger partial charge on any atom is -0.496 e. The number of aromatic nitrogens is 2. The highest BCUT2D eigenvalue weighted by molar-refractivity contribution is 5.92. The Kier molecular flexibility index (Phi) is 5.70. The van der Waals surface area contributed by atoms with Gasteiger partial charge in [0.1, 0.15) is 17.3 Å². The van der Waals surface area contributed by atoms with Gasteiger partial charge >= 0.3 is 0 Å². The molecule has 0 atom stereocenters. The molecule has 3 aromatic rings. The lowest BCUT2D eigenvalue weighted by molar-refractivity contribution is 0.0728. The molecule has 0 saturated heterocycles. The summed E-state index contributed by atoms with van der Waals surface area (Å²) in [5, 5.41) is 3.25. The second kappa shape index (κ2) is 8.73. The number of methoxy groups -OCH3 is 1. The predicted octanol–water partition coefficient (Wildman–Crippen LogP) is 3.34. The maximum absolute atomic E-state index is 12.8. The van der Waals surface area contributed by atoms with Crippen LogP contribution in [0.25, 0.3) is 0 Å². The predicted molar refractivity (Wildman–Crippen MR) is 112 cm³/mol. The molecule has 1 aliphatic heterocycles. The molecule has 0 radical (unpaired) electrons. The molecule has 2 heterocycles. The van der Waals surface area contributed by atoms with Gasteiger partial charge in [0.15, 0.2) is 0 Å². The first kappa shape index (κ1) is 18.9. The van der Waals surface area contributed by atoms with Crippen molar-refractivity contribution < 1.29 is 9.53 Å². The lowest BCUT2D eigenvalue weighted by Gasteiger charge is -2.28. The van der Waals surface area contributed by atoms with E-state index >= 15 is 0 Å². The van der Waals surface area contributed by atoms with Crippen LogP contribution in [-0.4, -0.2) is 41.0 Å². The highest BCUT2D eigenvalue weighted by Crippen LogP contribution is 2.20. The number of ether oxygens (including phenoxy) is 1. The Hall–Kier alpha value is -3.41. The summed E-state index contributed by atoms with van der Waals surface area (Å²) in [6.45, 7) is 2.03. The highest BCUT2D eigenvalue weighted by Gasteiger charge is 2.22. The summed E-state index contributed by atoms with van der Waals surface area (Å²) >= 11 is 0. The largest absolute Gasteiger partial charge is 0.496 e. The van der Waals surface area contributed by atoms with Gasteiger partial charge < -0.3 is 15.0 Å². The summed E-state index contributed by atoms with van der Waals surface area (Å²) in [6, 6.07) is 16.2. The van der Waals surface area contributed by atoms with Gasteiger partial charge in [-0.05, 0) is 35.6 Å². The van der Waals surface area contributed by atoms with Gasteiger partial charge in [-0.3, -0.25) is 4.79 Å². The number of fused-ring (bicyclic) bond motifs is 1. The van der Waals surface area contributed by atoms with E-state index in [4.69, 9.17) is 4.74 Å². The van der Waals surface area contributed by atoms with E-state index in [0.717, 1.165) is 24.2 Å². The molecule has 1 aliphatic rings. The molecule has 29 heavy (non-hydrogen) atoms. The molecule has 1 N–H and O–H groups in total. The molecule has 148 valence electrons. The van der Waals surface area contributed by atoms with Crippen LogP contribution >= 0.6 is 0 Å². The summed E-state index contributed by atoms with van der Waals surface area (Å²) in [4.78, 5) is 23.3. The third-order valence-electron chi connectivity index (χ3n) is 5.18. The number of anilines is 1. The minimum atomic E-state index is -0.0763. The zero-order valence-corrected chi connectivity index (χ0v) is 16.5. The summed E-state index contributed by atoms with van der Waals surface area (Å²) in [7, 11) is 1.68. The molecule has 6 heteroatoms. The normalized spacial score (nSPS) is 12.9. The fraction of sp³-hybridized carbons (Fsp3) is 0.261. The van der Waals surface area contributed by atoms with Crippen molar-refractivity contribution in [2.24, 2.45) is 0 Å².